The van der Waals surface area contributed by atoms with Gasteiger partial charge < -0.3 is 11.1 Å². The Morgan fingerprint density at radius 3 is 2.32 bits per heavy atom. The predicted molar refractivity (Wildman–Crippen MR) is 95.2 cm³/mol. The summed E-state index contributed by atoms with van der Waals surface area (Å²) in [7, 11) is 0. The minimum absolute atomic E-state index is 0.378. The zero-order valence-corrected chi connectivity index (χ0v) is 15.2. The molecule has 0 radical (unpaired) electrons. The van der Waals surface area contributed by atoms with Gasteiger partial charge in [0.1, 0.15) is 4.99 Å². The fraction of sp³-hybridized carbons (Fsp3) is 0. The van der Waals surface area contributed by atoms with Crippen molar-refractivity contribution >= 4 is 76.4 Å². The van der Waals surface area contributed by atoms with E-state index in [0.29, 0.717) is 4.99 Å². The van der Waals surface area contributed by atoms with Crippen molar-refractivity contribution in [2.75, 3.05) is 5.32 Å². The second-order valence-corrected chi connectivity index (χ2v) is 6.87. The van der Waals surface area contributed by atoms with Crippen LogP contribution in [0.5, 0.6) is 0 Å². The minimum atomic E-state index is 0.378. The van der Waals surface area contributed by atoms with Crippen LogP contribution in [-0.2, 0) is 0 Å². The van der Waals surface area contributed by atoms with Crippen LogP contribution < -0.4 is 11.1 Å². The predicted octanol–water partition coefficient (Wildman–Crippen LogP) is 5.35. The van der Waals surface area contributed by atoms with Crippen LogP contribution >= 0.6 is 60.0 Å². The van der Waals surface area contributed by atoms with Gasteiger partial charge in [0.2, 0.25) is 0 Å². The third-order valence-electron chi connectivity index (χ3n) is 2.44. The number of nitrogens with two attached hydrogens (primary N) is 1. The molecule has 6 heteroatoms. The van der Waals surface area contributed by atoms with Crippen molar-refractivity contribution in [2.45, 2.75) is 0 Å². The molecule has 2 rings (SSSR count). The van der Waals surface area contributed by atoms with E-state index >= 15 is 0 Å². The van der Waals surface area contributed by atoms with E-state index in [-0.39, 0.29) is 0 Å². The van der Waals surface area contributed by atoms with Crippen molar-refractivity contribution < 1.29 is 0 Å². The van der Waals surface area contributed by atoms with E-state index in [1.165, 1.54) is 0 Å². The first-order chi connectivity index (χ1) is 8.97. The van der Waals surface area contributed by atoms with Crippen LogP contribution in [0.2, 0.25) is 0 Å². The zero-order valence-electron chi connectivity index (χ0n) is 9.58. The van der Waals surface area contributed by atoms with E-state index in [1.54, 1.807) is 0 Å². The molecule has 2 nitrogen and oxygen atoms in total. The number of halogens is 3. The first kappa shape index (κ1) is 15.0. The SMILES string of the molecule is NC(=S)c1ccc(Nc2ccc(Br)cc2Br)cc1Br. The molecule has 2 aromatic rings. The summed E-state index contributed by atoms with van der Waals surface area (Å²) in [6, 6.07) is 11.7. The Morgan fingerprint density at radius 1 is 1.00 bits per heavy atom. The Morgan fingerprint density at radius 2 is 1.74 bits per heavy atom. The molecule has 0 heterocycles. The fourth-order valence-corrected chi connectivity index (χ4v) is 3.59. The highest BCUT2D eigenvalue weighted by molar-refractivity contribution is 9.11. The summed E-state index contributed by atoms with van der Waals surface area (Å²) < 4.78 is 2.88. The molecule has 0 saturated carbocycles. The van der Waals surface area contributed by atoms with Gasteiger partial charge in [-0.3, -0.25) is 0 Å². The Hall–Kier alpha value is -0.430. The number of hydrogen-bond donors (Lipinski definition) is 2. The van der Waals surface area contributed by atoms with Gasteiger partial charge in [-0.1, -0.05) is 28.1 Å². The maximum atomic E-state index is 5.63. The minimum Gasteiger partial charge on any atom is -0.389 e. The summed E-state index contributed by atoms with van der Waals surface area (Å²) in [5.74, 6) is 0. The van der Waals surface area contributed by atoms with Gasteiger partial charge in [0.25, 0.3) is 0 Å². The average Bonchev–Trinajstić information content (AvgIpc) is 2.32. The molecule has 3 N–H and O–H groups in total. The van der Waals surface area contributed by atoms with Crippen LogP contribution in [0, 0.1) is 0 Å². The molecule has 0 aliphatic carbocycles. The van der Waals surface area contributed by atoms with Gasteiger partial charge in [-0.15, -0.1) is 0 Å². The highest BCUT2D eigenvalue weighted by atomic mass is 79.9. The van der Waals surface area contributed by atoms with E-state index in [2.05, 4.69) is 53.1 Å². The molecule has 2 aromatic carbocycles. The number of anilines is 2. The number of rotatable bonds is 3. The normalized spacial score (nSPS) is 10.3. The fourth-order valence-electron chi connectivity index (χ4n) is 1.54. The van der Waals surface area contributed by atoms with Gasteiger partial charge in [0.15, 0.2) is 0 Å². The smallest absolute Gasteiger partial charge is 0.105 e. The summed E-state index contributed by atoms with van der Waals surface area (Å²) in [5, 5.41) is 3.32. The molecule has 0 bridgehead atoms. The Kier molecular flexibility index (Phi) is 5.00. The third-order valence-corrected chi connectivity index (χ3v) is 4.47. The summed E-state index contributed by atoms with van der Waals surface area (Å²) in [4.78, 5) is 0.378. The van der Waals surface area contributed by atoms with Gasteiger partial charge in [-0.2, -0.15) is 0 Å². The van der Waals surface area contributed by atoms with E-state index in [1.807, 2.05) is 36.4 Å². The van der Waals surface area contributed by atoms with Gasteiger partial charge in [-0.25, -0.2) is 0 Å². The van der Waals surface area contributed by atoms with Crippen molar-refractivity contribution in [1.29, 1.82) is 0 Å². The van der Waals surface area contributed by atoms with Gasteiger partial charge in [0.05, 0.1) is 5.69 Å². The lowest BCUT2D eigenvalue weighted by molar-refractivity contribution is 1.49. The second-order valence-electron chi connectivity index (χ2n) is 3.81. The molecule has 0 spiro atoms. The summed E-state index contributed by atoms with van der Waals surface area (Å²) in [6.07, 6.45) is 0. The van der Waals surface area contributed by atoms with Crippen LogP contribution in [0.1, 0.15) is 5.56 Å². The van der Waals surface area contributed by atoms with Gasteiger partial charge in [-0.05, 0) is 68.3 Å². The maximum Gasteiger partial charge on any atom is 0.105 e. The van der Waals surface area contributed by atoms with Gasteiger partial charge in [0, 0.05) is 24.7 Å². The van der Waals surface area contributed by atoms with E-state index < -0.39 is 0 Å². The van der Waals surface area contributed by atoms with Crippen molar-refractivity contribution in [1.82, 2.24) is 0 Å². The lowest BCUT2D eigenvalue weighted by Crippen LogP contribution is -2.10. The molecule has 0 aromatic heterocycles. The van der Waals surface area contributed by atoms with Crippen LogP contribution in [0.4, 0.5) is 11.4 Å². The number of thiocarbonyl (C=S) groups is 1. The monoisotopic (exact) mass is 462 g/mol. The van der Waals surface area contributed by atoms with Crippen molar-refractivity contribution in [2.24, 2.45) is 5.73 Å². The molecular weight excluding hydrogens is 456 g/mol. The molecule has 0 amide bonds. The molecule has 98 valence electrons. The van der Waals surface area contributed by atoms with E-state index in [9.17, 15) is 0 Å². The highest BCUT2D eigenvalue weighted by Crippen LogP contribution is 2.30. The average molecular weight is 465 g/mol. The largest absolute Gasteiger partial charge is 0.389 e. The van der Waals surface area contributed by atoms with Crippen molar-refractivity contribution in [3.05, 3.63) is 55.4 Å². The first-order valence-corrected chi connectivity index (χ1v) is 8.07. The molecular formula is C13H9Br3N2S. The third kappa shape index (κ3) is 3.78. The van der Waals surface area contributed by atoms with Crippen LogP contribution in [0.25, 0.3) is 0 Å². The number of nitrogens with one attached hydrogen (secondary N) is 1. The lowest BCUT2D eigenvalue weighted by atomic mass is 10.2. The van der Waals surface area contributed by atoms with Gasteiger partial charge >= 0.3 is 0 Å². The highest BCUT2D eigenvalue weighted by Gasteiger charge is 2.06. The Labute approximate surface area is 142 Å². The molecule has 0 aliphatic rings. The zero-order chi connectivity index (χ0) is 14.0. The van der Waals surface area contributed by atoms with Crippen LogP contribution in [-0.4, -0.2) is 4.99 Å². The van der Waals surface area contributed by atoms with Crippen LogP contribution in [0.3, 0.4) is 0 Å². The topological polar surface area (TPSA) is 38.0 Å². The molecule has 0 unspecified atom stereocenters. The Balaban J connectivity index is 2.29. The standard InChI is InChI=1S/C13H9Br3N2S/c14-7-1-4-12(11(16)5-7)18-8-2-3-9(13(17)19)10(15)6-8/h1-6,18H,(H2,17,19). The van der Waals surface area contributed by atoms with Crippen molar-refractivity contribution in [3.8, 4) is 0 Å². The number of benzene rings is 2. The molecule has 19 heavy (non-hydrogen) atoms. The first-order valence-electron chi connectivity index (χ1n) is 5.29. The molecule has 0 saturated heterocycles. The van der Waals surface area contributed by atoms with Crippen molar-refractivity contribution in [3.63, 3.8) is 0 Å². The van der Waals surface area contributed by atoms with E-state index in [4.69, 9.17) is 18.0 Å². The Bertz CT molecular complexity index is 644. The summed E-state index contributed by atoms with van der Waals surface area (Å²) in [6.45, 7) is 0. The molecule has 0 atom stereocenters. The van der Waals surface area contributed by atoms with E-state index in [0.717, 1.165) is 30.4 Å². The maximum absolute atomic E-state index is 5.63. The number of hydrogen-bond acceptors (Lipinski definition) is 2. The van der Waals surface area contributed by atoms with Crippen LogP contribution in [0.15, 0.2) is 49.8 Å². The molecule has 0 fully saturated rings. The second kappa shape index (κ2) is 6.35. The lowest BCUT2D eigenvalue weighted by Gasteiger charge is -2.11. The quantitative estimate of drug-likeness (QED) is 0.601. The molecule has 0 aliphatic heterocycles. The summed E-state index contributed by atoms with van der Waals surface area (Å²) >= 11 is 15.4. The summed E-state index contributed by atoms with van der Waals surface area (Å²) in [5.41, 5.74) is 8.39.